The molecule has 0 bridgehead atoms. The first-order valence-electron chi connectivity index (χ1n) is 5.37. The highest BCUT2D eigenvalue weighted by Crippen LogP contribution is 2.15. The van der Waals surface area contributed by atoms with Crippen molar-refractivity contribution in [2.45, 2.75) is 51.7 Å². The van der Waals surface area contributed by atoms with Crippen molar-refractivity contribution in [1.29, 1.82) is 0 Å². The summed E-state index contributed by atoms with van der Waals surface area (Å²) in [5, 5.41) is 13.0. The number of ether oxygens (including phenoxy) is 1. The molecule has 0 aromatic carbocycles. The minimum absolute atomic E-state index is 0.0436. The summed E-state index contributed by atoms with van der Waals surface area (Å²) in [5.74, 6) is -0.607. The van der Waals surface area contributed by atoms with Crippen molar-refractivity contribution in [2.24, 2.45) is 0 Å². The number of esters is 1. The molecule has 0 fully saturated rings. The second-order valence-electron chi connectivity index (χ2n) is 4.39. The molecular weight excluding hydrogens is 194 g/mol. The highest BCUT2D eigenvalue weighted by Gasteiger charge is 2.33. The summed E-state index contributed by atoms with van der Waals surface area (Å²) in [4.78, 5) is 11.2. The van der Waals surface area contributed by atoms with Gasteiger partial charge in [0.15, 0.2) is 5.60 Å². The molecule has 4 heteroatoms. The number of aliphatic hydroxyl groups is 1. The average Bonchev–Trinajstić information content (AvgIpc) is 2.24. The van der Waals surface area contributed by atoms with Gasteiger partial charge in [-0.15, -0.1) is 0 Å². The summed E-state index contributed by atoms with van der Waals surface area (Å²) >= 11 is 0. The fourth-order valence-electron chi connectivity index (χ4n) is 1.18. The lowest BCUT2D eigenvalue weighted by Gasteiger charge is -2.32. The number of nitrogens with one attached hydrogen (secondary N) is 1. The second-order valence-corrected chi connectivity index (χ2v) is 4.39. The summed E-state index contributed by atoms with van der Waals surface area (Å²) in [5.41, 5.74) is -1.50. The van der Waals surface area contributed by atoms with E-state index >= 15 is 0 Å². The fourth-order valence-corrected chi connectivity index (χ4v) is 1.18. The van der Waals surface area contributed by atoms with Gasteiger partial charge < -0.3 is 15.2 Å². The molecule has 0 aliphatic carbocycles. The van der Waals surface area contributed by atoms with Gasteiger partial charge in [0.1, 0.15) is 0 Å². The zero-order chi connectivity index (χ0) is 12.1. The third-order valence-corrected chi connectivity index (χ3v) is 3.05. The fraction of sp³-hybridized carbons (Fsp3) is 0.909. The predicted molar refractivity (Wildman–Crippen MR) is 59.6 cm³/mol. The maximum Gasteiger partial charge on any atom is 0.338 e. The number of β-amino-alcohol motifs (C(OH)–C–C–N with tert-alkyl or cyclic N) is 1. The number of hydrogen-bond acceptors (Lipinski definition) is 4. The molecule has 0 aliphatic rings. The molecule has 1 atom stereocenters. The van der Waals surface area contributed by atoms with E-state index < -0.39 is 11.6 Å². The maximum atomic E-state index is 11.2. The molecule has 0 aromatic heterocycles. The number of hydrogen-bond donors (Lipinski definition) is 2. The topological polar surface area (TPSA) is 58.6 Å². The molecule has 0 heterocycles. The Bertz CT molecular complexity index is 210. The maximum absolute atomic E-state index is 11.2. The van der Waals surface area contributed by atoms with Crippen molar-refractivity contribution in [3.8, 4) is 0 Å². The Balaban J connectivity index is 4.30. The molecule has 0 amide bonds. The van der Waals surface area contributed by atoms with Gasteiger partial charge in [-0.25, -0.2) is 4.79 Å². The molecule has 2 N–H and O–H groups in total. The van der Waals surface area contributed by atoms with Crippen molar-refractivity contribution in [3.05, 3.63) is 0 Å². The van der Waals surface area contributed by atoms with E-state index in [-0.39, 0.29) is 12.1 Å². The highest BCUT2D eigenvalue weighted by molar-refractivity contribution is 5.78. The van der Waals surface area contributed by atoms with E-state index in [1.807, 2.05) is 0 Å². The van der Waals surface area contributed by atoms with Gasteiger partial charge in [0.25, 0.3) is 0 Å². The van der Waals surface area contributed by atoms with Gasteiger partial charge in [-0.1, -0.05) is 13.8 Å². The standard InChI is InChI=1S/C11H23NO3/c1-6-10(3,7-2)12-8-11(4,14)9(13)15-5/h12,14H,6-8H2,1-5H3. The number of carbonyl (C=O) groups is 1. The van der Waals surface area contributed by atoms with Crippen LogP contribution in [0.2, 0.25) is 0 Å². The second kappa shape index (κ2) is 5.47. The molecule has 0 saturated heterocycles. The predicted octanol–water partition coefficient (Wildman–Crippen LogP) is 1.08. The van der Waals surface area contributed by atoms with E-state index in [1.54, 1.807) is 0 Å². The van der Waals surface area contributed by atoms with Crippen LogP contribution < -0.4 is 5.32 Å². The third-order valence-electron chi connectivity index (χ3n) is 3.05. The monoisotopic (exact) mass is 217 g/mol. The van der Waals surface area contributed by atoms with E-state index in [0.29, 0.717) is 0 Å². The smallest absolute Gasteiger partial charge is 0.338 e. The molecule has 1 unspecified atom stereocenters. The lowest BCUT2D eigenvalue weighted by Crippen LogP contribution is -2.52. The van der Waals surface area contributed by atoms with E-state index in [1.165, 1.54) is 14.0 Å². The van der Waals surface area contributed by atoms with Crippen LogP contribution >= 0.6 is 0 Å². The first-order chi connectivity index (χ1) is 6.81. The third kappa shape index (κ3) is 4.18. The van der Waals surface area contributed by atoms with Crippen molar-refractivity contribution < 1.29 is 14.6 Å². The summed E-state index contributed by atoms with van der Waals surface area (Å²) < 4.78 is 4.52. The van der Waals surface area contributed by atoms with E-state index in [2.05, 4.69) is 30.8 Å². The van der Waals surface area contributed by atoms with Crippen molar-refractivity contribution >= 4 is 5.97 Å². The zero-order valence-electron chi connectivity index (χ0n) is 10.4. The minimum Gasteiger partial charge on any atom is -0.467 e. The van der Waals surface area contributed by atoms with Crippen LogP contribution in [0.4, 0.5) is 0 Å². The lowest BCUT2D eigenvalue weighted by molar-refractivity contribution is -0.160. The van der Waals surface area contributed by atoms with Gasteiger partial charge in [-0.3, -0.25) is 0 Å². The number of carbonyl (C=O) groups excluding carboxylic acids is 1. The molecule has 4 nitrogen and oxygen atoms in total. The van der Waals surface area contributed by atoms with Gasteiger partial charge in [-0.2, -0.15) is 0 Å². The Morgan fingerprint density at radius 1 is 1.33 bits per heavy atom. The normalized spacial score (nSPS) is 15.9. The van der Waals surface area contributed by atoms with Crippen LogP contribution in [0.1, 0.15) is 40.5 Å². The van der Waals surface area contributed by atoms with Gasteiger partial charge in [0, 0.05) is 12.1 Å². The van der Waals surface area contributed by atoms with Crippen molar-refractivity contribution in [2.75, 3.05) is 13.7 Å². The quantitative estimate of drug-likeness (QED) is 0.654. The molecular formula is C11H23NO3. The van der Waals surface area contributed by atoms with Crippen LogP contribution in [0.25, 0.3) is 0 Å². The van der Waals surface area contributed by atoms with Crippen molar-refractivity contribution in [1.82, 2.24) is 5.32 Å². The summed E-state index contributed by atoms with van der Waals surface area (Å²) in [6, 6.07) is 0. The largest absolute Gasteiger partial charge is 0.467 e. The first kappa shape index (κ1) is 14.4. The van der Waals surface area contributed by atoms with Crippen LogP contribution in [-0.4, -0.2) is 35.9 Å². The Morgan fingerprint density at radius 3 is 2.13 bits per heavy atom. The average molecular weight is 217 g/mol. The van der Waals surface area contributed by atoms with Gasteiger partial charge in [-0.05, 0) is 26.7 Å². The lowest BCUT2D eigenvalue weighted by atomic mass is 9.94. The molecule has 0 radical (unpaired) electrons. The Morgan fingerprint density at radius 2 is 1.80 bits per heavy atom. The molecule has 15 heavy (non-hydrogen) atoms. The van der Waals surface area contributed by atoms with Crippen LogP contribution in [0.5, 0.6) is 0 Å². The van der Waals surface area contributed by atoms with E-state index in [9.17, 15) is 9.90 Å². The minimum atomic E-state index is -1.46. The van der Waals surface area contributed by atoms with Gasteiger partial charge >= 0.3 is 5.97 Å². The molecule has 0 saturated carbocycles. The van der Waals surface area contributed by atoms with Crippen LogP contribution in [-0.2, 0) is 9.53 Å². The number of methoxy groups -OCH3 is 1. The van der Waals surface area contributed by atoms with E-state index in [4.69, 9.17) is 0 Å². The summed E-state index contributed by atoms with van der Waals surface area (Å²) in [6.07, 6.45) is 1.89. The van der Waals surface area contributed by atoms with Crippen LogP contribution in [0.15, 0.2) is 0 Å². The van der Waals surface area contributed by atoms with Crippen LogP contribution in [0, 0.1) is 0 Å². The van der Waals surface area contributed by atoms with Gasteiger partial charge in [0.2, 0.25) is 0 Å². The zero-order valence-corrected chi connectivity index (χ0v) is 10.4. The molecule has 0 aromatic rings. The summed E-state index contributed by atoms with van der Waals surface area (Å²) in [7, 11) is 1.27. The summed E-state index contributed by atoms with van der Waals surface area (Å²) in [6.45, 7) is 7.88. The van der Waals surface area contributed by atoms with Crippen LogP contribution in [0.3, 0.4) is 0 Å². The molecule has 0 rings (SSSR count). The number of rotatable bonds is 6. The molecule has 0 aliphatic heterocycles. The van der Waals surface area contributed by atoms with E-state index in [0.717, 1.165) is 12.8 Å². The van der Waals surface area contributed by atoms with Gasteiger partial charge in [0.05, 0.1) is 7.11 Å². The van der Waals surface area contributed by atoms with Crippen molar-refractivity contribution in [3.63, 3.8) is 0 Å². The highest BCUT2D eigenvalue weighted by atomic mass is 16.5. The Labute approximate surface area is 92.0 Å². The Kier molecular flexibility index (Phi) is 5.24. The Hall–Kier alpha value is -0.610. The molecule has 0 spiro atoms. The SMILES string of the molecule is CCC(C)(CC)NCC(C)(O)C(=O)OC. The first-order valence-corrected chi connectivity index (χ1v) is 5.37. The molecule has 90 valence electrons.